The van der Waals surface area contributed by atoms with Crippen LogP contribution in [0.1, 0.15) is 48.3 Å². The molecule has 0 spiro atoms. The zero-order valence-corrected chi connectivity index (χ0v) is 14.8. The second kappa shape index (κ2) is 6.83. The summed E-state index contributed by atoms with van der Waals surface area (Å²) in [6.07, 6.45) is 5.23. The van der Waals surface area contributed by atoms with Crippen molar-refractivity contribution in [2.75, 3.05) is 24.6 Å². The topological polar surface area (TPSA) is 55.3 Å². The summed E-state index contributed by atoms with van der Waals surface area (Å²) in [7, 11) is 0. The van der Waals surface area contributed by atoms with E-state index in [2.05, 4.69) is 21.8 Å². The molecule has 5 nitrogen and oxygen atoms in total. The lowest BCUT2D eigenvalue weighted by Crippen LogP contribution is -2.25. The number of carbonyl (C=O) groups is 1. The fourth-order valence-corrected chi connectivity index (χ4v) is 4.20. The quantitative estimate of drug-likeness (QED) is 0.800. The van der Waals surface area contributed by atoms with Crippen molar-refractivity contribution in [2.45, 2.75) is 40.0 Å². The van der Waals surface area contributed by atoms with Gasteiger partial charge in [0, 0.05) is 13.1 Å². The summed E-state index contributed by atoms with van der Waals surface area (Å²) >= 11 is 1.40. The Balaban J connectivity index is 2.02. The Morgan fingerprint density at radius 2 is 2.22 bits per heavy atom. The number of ether oxygens (including phenoxy) is 1. The molecule has 2 aromatic heterocycles. The number of rotatable bonds is 3. The summed E-state index contributed by atoms with van der Waals surface area (Å²) in [6.45, 7) is 8.52. The van der Waals surface area contributed by atoms with E-state index in [1.54, 1.807) is 6.33 Å². The first kappa shape index (κ1) is 16.2. The first-order valence-corrected chi connectivity index (χ1v) is 9.09. The molecule has 0 bridgehead atoms. The van der Waals surface area contributed by atoms with Gasteiger partial charge in [0.25, 0.3) is 0 Å². The van der Waals surface area contributed by atoms with Crippen molar-refractivity contribution in [3.05, 3.63) is 16.8 Å². The number of nitrogens with zero attached hydrogens (tertiary/aromatic N) is 3. The van der Waals surface area contributed by atoms with Gasteiger partial charge < -0.3 is 9.64 Å². The standard InChI is InChI=1S/C17H23N3O2S/c1-4-22-17(21)14-12(3)13-15(18-10-19-16(13)23-14)20-8-5-6-11(2)7-9-20/h10-11H,4-9H2,1-3H3. The average molecular weight is 333 g/mol. The molecule has 0 saturated carbocycles. The van der Waals surface area contributed by atoms with Crippen molar-refractivity contribution < 1.29 is 9.53 Å². The van der Waals surface area contributed by atoms with Crippen LogP contribution in [0.4, 0.5) is 5.82 Å². The molecule has 3 heterocycles. The van der Waals surface area contributed by atoms with Crippen molar-refractivity contribution in [3.8, 4) is 0 Å². The first-order chi connectivity index (χ1) is 11.1. The molecule has 1 unspecified atom stereocenters. The molecular formula is C17H23N3O2S. The number of hydrogen-bond acceptors (Lipinski definition) is 6. The largest absolute Gasteiger partial charge is 0.462 e. The number of esters is 1. The Bertz CT molecular complexity index is 713. The number of thiophene rings is 1. The highest BCUT2D eigenvalue weighted by Crippen LogP contribution is 2.36. The molecule has 3 rings (SSSR count). The van der Waals surface area contributed by atoms with Gasteiger partial charge in [0.15, 0.2) is 0 Å². The Hall–Kier alpha value is -1.69. The number of aromatic nitrogens is 2. The number of anilines is 1. The SMILES string of the molecule is CCOC(=O)c1sc2ncnc(N3CCCC(C)CC3)c2c1C. The van der Waals surface area contributed by atoms with E-state index in [4.69, 9.17) is 4.74 Å². The maximum Gasteiger partial charge on any atom is 0.348 e. The zero-order chi connectivity index (χ0) is 16.4. The van der Waals surface area contributed by atoms with E-state index in [0.29, 0.717) is 11.5 Å². The fraction of sp³-hybridized carbons (Fsp3) is 0.588. The number of carbonyl (C=O) groups excluding carboxylic acids is 1. The molecular weight excluding hydrogens is 310 g/mol. The minimum atomic E-state index is -0.261. The maximum absolute atomic E-state index is 12.1. The summed E-state index contributed by atoms with van der Waals surface area (Å²) in [5.74, 6) is 1.47. The van der Waals surface area contributed by atoms with Crippen LogP contribution in [0.5, 0.6) is 0 Å². The summed E-state index contributed by atoms with van der Waals surface area (Å²) < 4.78 is 5.17. The highest BCUT2D eigenvalue weighted by Gasteiger charge is 2.23. The first-order valence-electron chi connectivity index (χ1n) is 8.28. The lowest BCUT2D eigenvalue weighted by Gasteiger charge is -2.22. The van der Waals surface area contributed by atoms with Gasteiger partial charge in [-0.2, -0.15) is 0 Å². The van der Waals surface area contributed by atoms with Gasteiger partial charge in [-0.1, -0.05) is 6.92 Å². The molecule has 0 amide bonds. The molecule has 0 N–H and O–H groups in total. The van der Waals surface area contributed by atoms with E-state index in [1.807, 2.05) is 13.8 Å². The lowest BCUT2D eigenvalue weighted by molar-refractivity contribution is 0.0531. The van der Waals surface area contributed by atoms with E-state index in [0.717, 1.165) is 40.6 Å². The molecule has 124 valence electrons. The zero-order valence-electron chi connectivity index (χ0n) is 14.0. The average Bonchev–Trinajstić information content (AvgIpc) is 2.73. The van der Waals surface area contributed by atoms with Crippen molar-refractivity contribution in [2.24, 2.45) is 5.92 Å². The monoisotopic (exact) mass is 333 g/mol. The minimum absolute atomic E-state index is 0.261. The van der Waals surface area contributed by atoms with E-state index in [-0.39, 0.29) is 5.97 Å². The molecule has 0 radical (unpaired) electrons. The molecule has 2 aromatic rings. The highest BCUT2D eigenvalue weighted by molar-refractivity contribution is 7.20. The van der Waals surface area contributed by atoms with Crippen molar-refractivity contribution in [1.82, 2.24) is 9.97 Å². The second-order valence-electron chi connectivity index (χ2n) is 6.18. The van der Waals surface area contributed by atoms with E-state index >= 15 is 0 Å². The van der Waals surface area contributed by atoms with Crippen LogP contribution in [0.25, 0.3) is 10.2 Å². The molecule has 6 heteroatoms. The van der Waals surface area contributed by atoms with Gasteiger partial charge in [0.2, 0.25) is 0 Å². The van der Waals surface area contributed by atoms with Crippen LogP contribution in [0, 0.1) is 12.8 Å². The van der Waals surface area contributed by atoms with Crippen molar-refractivity contribution >= 4 is 33.3 Å². The molecule has 1 aliphatic heterocycles. The number of hydrogen-bond donors (Lipinski definition) is 0. The second-order valence-corrected chi connectivity index (χ2v) is 7.18. The van der Waals surface area contributed by atoms with Crippen LogP contribution in [-0.2, 0) is 4.74 Å². The van der Waals surface area contributed by atoms with Crippen LogP contribution in [-0.4, -0.2) is 35.6 Å². The Labute approximate surface area is 140 Å². The third-order valence-corrected chi connectivity index (χ3v) is 5.66. The number of fused-ring (bicyclic) bond motifs is 1. The normalized spacial score (nSPS) is 18.9. The van der Waals surface area contributed by atoms with Gasteiger partial charge in [-0.25, -0.2) is 14.8 Å². The van der Waals surface area contributed by atoms with Gasteiger partial charge >= 0.3 is 5.97 Å². The predicted molar refractivity (Wildman–Crippen MR) is 93.3 cm³/mol. The summed E-state index contributed by atoms with van der Waals surface area (Å²) in [5, 5.41) is 1.01. The molecule has 1 fully saturated rings. The van der Waals surface area contributed by atoms with Crippen LogP contribution < -0.4 is 4.90 Å². The van der Waals surface area contributed by atoms with Crippen LogP contribution >= 0.6 is 11.3 Å². The van der Waals surface area contributed by atoms with Gasteiger partial charge in [0.05, 0.1) is 12.0 Å². The Morgan fingerprint density at radius 3 is 3.00 bits per heavy atom. The molecule has 0 aliphatic carbocycles. The Kier molecular flexibility index (Phi) is 4.80. The van der Waals surface area contributed by atoms with Gasteiger partial charge in [-0.05, 0) is 44.6 Å². The molecule has 23 heavy (non-hydrogen) atoms. The third-order valence-electron chi connectivity index (χ3n) is 4.48. The van der Waals surface area contributed by atoms with Crippen molar-refractivity contribution in [3.63, 3.8) is 0 Å². The summed E-state index contributed by atoms with van der Waals surface area (Å²) in [5.41, 5.74) is 0.941. The number of aryl methyl sites for hydroxylation is 1. The van der Waals surface area contributed by atoms with E-state index < -0.39 is 0 Å². The predicted octanol–water partition coefficient (Wildman–Crippen LogP) is 3.80. The van der Waals surface area contributed by atoms with Gasteiger partial charge in [0.1, 0.15) is 21.9 Å². The van der Waals surface area contributed by atoms with Gasteiger partial charge in [-0.3, -0.25) is 0 Å². The van der Waals surface area contributed by atoms with Crippen LogP contribution in [0.15, 0.2) is 6.33 Å². The van der Waals surface area contributed by atoms with E-state index in [9.17, 15) is 4.79 Å². The van der Waals surface area contributed by atoms with Crippen molar-refractivity contribution in [1.29, 1.82) is 0 Å². The smallest absolute Gasteiger partial charge is 0.348 e. The Morgan fingerprint density at radius 1 is 1.39 bits per heavy atom. The molecule has 1 aliphatic rings. The summed E-state index contributed by atoms with van der Waals surface area (Å²) in [4.78, 5) is 24.9. The minimum Gasteiger partial charge on any atom is -0.462 e. The molecule has 1 atom stereocenters. The van der Waals surface area contributed by atoms with Crippen LogP contribution in [0.2, 0.25) is 0 Å². The fourth-order valence-electron chi connectivity index (χ4n) is 3.16. The maximum atomic E-state index is 12.1. The molecule has 1 saturated heterocycles. The highest BCUT2D eigenvalue weighted by atomic mass is 32.1. The van der Waals surface area contributed by atoms with E-state index in [1.165, 1.54) is 30.6 Å². The summed E-state index contributed by atoms with van der Waals surface area (Å²) in [6, 6.07) is 0. The molecule has 0 aromatic carbocycles. The van der Waals surface area contributed by atoms with Gasteiger partial charge in [-0.15, -0.1) is 11.3 Å². The van der Waals surface area contributed by atoms with Crippen LogP contribution in [0.3, 0.4) is 0 Å². The third kappa shape index (κ3) is 3.17. The lowest BCUT2D eigenvalue weighted by atomic mass is 10.0.